The molecule has 26 heavy (non-hydrogen) atoms. The number of hydrogen-bond acceptors (Lipinski definition) is 7. The van der Waals surface area contributed by atoms with Gasteiger partial charge in [-0.15, -0.1) is 0 Å². The highest BCUT2D eigenvalue weighted by molar-refractivity contribution is 8.00. The fourth-order valence-corrected chi connectivity index (χ4v) is 4.03. The molecule has 1 unspecified atom stereocenters. The molecule has 7 nitrogen and oxygen atoms in total. The third kappa shape index (κ3) is 3.77. The number of amides is 1. The van der Waals surface area contributed by atoms with Crippen LogP contribution in [0.3, 0.4) is 0 Å². The first kappa shape index (κ1) is 18.5. The van der Waals surface area contributed by atoms with Crippen molar-refractivity contribution in [3.05, 3.63) is 16.7 Å². The average molecular weight is 370 g/mol. The summed E-state index contributed by atoms with van der Waals surface area (Å²) in [7, 11) is 0. The Balaban J connectivity index is 2.13. The van der Waals surface area contributed by atoms with Crippen LogP contribution in [0.2, 0.25) is 0 Å². The lowest BCUT2D eigenvalue weighted by Gasteiger charge is -2.25. The predicted molar refractivity (Wildman–Crippen MR) is 99.9 cm³/mol. The van der Waals surface area contributed by atoms with Gasteiger partial charge in [0.05, 0.1) is 16.4 Å². The Kier molecular flexibility index (Phi) is 5.65. The fourth-order valence-electron chi connectivity index (χ4n) is 3.16. The van der Waals surface area contributed by atoms with E-state index < -0.39 is 11.2 Å². The zero-order chi connectivity index (χ0) is 18.7. The molecule has 0 bridgehead atoms. The fraction of sp³-hybridized carbons (Fsp3) is 0.556. The van der Waals surface area contributed by atoms with Crippen LogP contribution >= 0.6 is 11.8 Å². The van der Waals surface area contributed by atoms with E-state index in [0.29, 0.717) is 22.0 Å². The lowest BCUT2D eigenvalue weighted by atomic mass is 9.99. The molecule has 1 saturated heterocycles. The zero-order valence-corrected chi connectivity index (χ0v) is 15.6. The largest absolute Gasteiger partial charge is 0.369 e. The summed E-state index contributed by atoms with van der Waals surface area (Å²) < 4.78 is 0. The van der Waals surface area contributed by atoms with E-state index in [1.54, 1.807) is 6.92 Å². The second-order valence-electron chi connectivity index (χ2n) is 6.66. The minimum absolute atomic E-state index is 0.231. The summed E-state index contributed by atoms with van der Waals surface area (Å²) in [5, 5.41) is 22.9. The highest BCUT2D eigenvalue weighted by Crippen LogP contribution is 2.47. The van der Waals surface area contributed by atoms with E-state index in [2.05, 4.69) is 27.3 Å². The third-order valence-electron chi connectivity index (χ3n) is 4.72. The van der Waals surface area contributed by atoms with Crippen LogP contribution in [-0.2, 0) is 4.79 Å². The van der Waals surface area contributed by atoms with Crippen molar-refractivity contribution in [3.63, 3.8) is 0 Å². The molecule has 1 saturated carbocycles. The summed E-state index contributed by atoms with van der Waals surface area (Å²) in [4.78, 5) is 18.3. The van der Waals surface area contributed by atoms with Gasteiger partial charge in [0.1, 0.15) is 23.0 Å². The normalized spacial score (nSPS) is 18.5. The maximum absolute atomic E-state index is 11.5. The number of nitrogens with two attached hydrogens (primary N) is 1. The number of carbonyl (C=O) groups is 1. The van der Waals surface area contributed by atoms with Crippen molar-refractivity contribution >= 4 is 23.5 Å². The van der Waals surface area contributed by atoms with Gasteiger partial charge in [-0.1, -0.05) is 11.8 Å². The minimum atomic E-state index is -0.492. The first-order valence-corrected chi connectivity index (χ1v) is 9.74. The third-order valence-corrected chi connectivity index (χ3v) is 5.83. The summed E-state index contributed by atoms with van der Waals surface area (Å²) in [6, 6.07) is 4.53. The van der Waals surface area contributed by atoms with Gasteiger partial charge in [0, 0.05) is 19.6 Å². The zero-order valence-electron chi connectivity index (χ0n) is 14.8. The smallest absolute Gasteiger partial charge is 0.230 e. The minimum Gasteiger partial charge on any atom is -0.369 e. The van der Waals surface area contributed by atoms with E-state index >= 15 is 0 Å². The van der Waals surface area contributed by atoms with Gasteiger partial charge >= 0.3 is 0 Å². The molecule has 2 fully saturated rings. The van der Waals surface area contributed by atoms with Crippen LogP contribution in [-0.4, -0.2) is 42.3 Å². The first-order chi connectivity index (χ1) is 12.6. The maximum atomic E-state index is 11.5. The number of carbonyl (C=O) groups excluding carboxylic acids is 1. The summed E-state index contributed by atoms with van der Waals surface area (Å²) in [6.07, 6.45) is 2.92. The number of aromatic nitrogens is 1. The molecule has 3 rings (SSSR count). The van der Waals surface area contributed by atoms with E-state index in [1.807, 2.05) is 0 Å². The Morgan fingerprint density at radius 1 is 1.31 bits per heavy atom. The van der Waals surface area contributed by atoms with Crippen molar-refractivity contribution in [1.82, 2.24) is 10.3 Å². The van der Waals surface area contributed by atoms with Crippen LogP contribution in [0.4, 0.5) is 5.82 Å². The molecule has 2 aliphatic rings. The summed E-state index contributed by atoms with van der Waals surface area (Å²) >= 11 is 1.20. The molecule has 1 aliphatic carbocycles. The predicted octanol–water partition coefficient (Wildman–Crippen LogP) is 1.47. The van der Waals surface area contributed by atoms with Gasteiger partial charge in [-0.3, -0.25) is 4.79 Å². The molecule has 1 atom stereocenters. The number of primary amides is 1. The van der Waals surface area contributed by atoms with E-state index in [4.69, 9.17) is 5.73 Å². The van der Waals surface area contributed by atoms with Crippen LogP contribution in [0.5, 0.6) is 0 Å². The quantitative estimate of drug-likeness (QED) is 0.753. The summed E-state index contributed by atoms with van der Waals surface area (Å²) in [6.45, 7) is 5.03. The van der Waals surface area contributed by atoms with E-state index in [0.717, 1.165) is 51.0 Å². The summed E-state index contributed by atoms with van der Waals surface area (Å²) in [5.41, 5.74) is 7.15. The molecular weight excluding hydrogens is 348 g/mol. The van der Waals surface area contributed by atoms with Crippen molar-refractivity contribution in [1.29, 1.82) is 10.5 Å². The van der Waals surface area contributed by atoms with Crippen molar-refractivity contribution < 1.29 is 4.79 Å². The van der Waals surface area contributed by atoms with Crippen LogP contribution < -0.4 is 16.0 Å². The molecule has 1 aromatic heterocycles. The van der Waals surface area contributed by atoms with Gasteiger partial charge in [0.25, 0.3) is 0 Å². The molecule has 1 amide bonds. The Labute approximate surface area is 157 Å². The number of nitriles is 2. The number of nitrogens with zero attached hydrogens (tertiary/aromatic N) is 4. The molecule has 1 aliphatic heterocycles. The molecule has 0 radical (unpaired) electrons. The van der Waals surface area contributed by atoms with Gasteiger partial charge in [0.2, 0.25) is 5.91 Å². The Bertz CT molecular complexity index is 784. The second-order valence-corrected chi connectivity index (χ2v) is 7.98. The van der Waals surface area contributed by atoms with Gasteiger partial charge in [0.15, 0.2) is 0 Å². The average Bonchev–Trinajstić information content (AvgIpc) is 3.47. The van der Waals surface area contributed by atoms with Crippen molar-refractivity contribution in [3.8, 4) is 12.1 Å². The number of anilines is 1. The molecule has 0 aromatic carbocycles. The Morgan fingerprint density at radius 2 is 2.04 bits per heavy atom. The van der Waals surface area contributed by atoms with Crippen LogP contribution in [0, 0.1) is 22.7 Å². The van der Waals surface area contributed by atoms with Crippen molar-refractivity contribution in [2.75, 3.05) is 31.1 Å². The number of nitrogens with one attached hydrogen (secondary N) is 1. The monoisotopic (exact) mass is 370 g/mol. The molecular formula is C18H22N6OS. The van der Waals surface area contributed by atoms with Crippen molar-refractivity contribution in [2.24, 2.45) is 5.73 Å². The van der Waals surface area contributed by atoms with Gasteiger partial charge in [-0.2, -0.15) is 10.5 Å². The molecule has 3 N–H and O–H groups in total. The van der Waals surface area contributed by atoms with E-state index in [1.165, 1.54) is 11.8 Å². The lowest BCUT2D eigenvalue weighted by molar-refractivity contribution is -0.117. The summed E-state index contributed by atoms with van der Waals surface area (Å²) in [5.74, 6) is 0.421. The number of thioether (sulfide) groups is 1. The van der Waals surface area contributed by atoms with Crippen LogP contribution in [0.15, 0.2) is 5.03 Å². The van der Waals surface area contributed by atoms with Crippen LogP contribution in [0.25, 0.3) is 0 Å². The van der Waals surface area contributed by atoms with Gasteiger partial charge < -0.3 is 16.0 Å². The van der Waals surface area contributed by atoms with Gasteiger partial charge in [-0.05, 0) is 44.2 Å². The Morgan fingerprint density at radius 3 is 2.65 bits per heavy atom. The molecule has 0 spiro atoms. The molecule has 8 heteroatoms. The lowest BCUT2D eigenvalue weighted by Crippen LogP contribution is -2.30. The van der Waals surface area contributed by atoms with Crippen LogP contribution in [0.1, 0.15) is 48.8 Å². The SMILES string of the molecule is CC(Sc1nc(N2CCCNCC2)c(C#N)c(C2CC2)c1C#N)C(N)=O. The molecule has 1 aromatic rings. The maximum Gasteiger partial charge on any atom is 0.230 e. The second kappa shape index (κ2) is 7.94. The number of hydrogen-bond donors (Lipinski definition) is 2. The number of rotatable bonds is 5. The van der Waals surface area contributed by atoms with E-state index in [-0.39, 0.29) is 5.92 Å². The topological polar surface area (TPSA) is 119 Å². The first-order valence-electron chi connectivity index (χ1n) is 8.86. The Hall–Kier alpha value is -2.29. The van der Waals surface area contributed by atoms with E-state index in [9.17, 15) is 15.3 Å². The highest BCUT2D eigenvalue weighted by atomic mass is 32.2. The van der Waals surface area contributed by atoms with Crippen molar-refractivity contribution in [2.45, 2.75) is 42.4 Å². The molecule has 136 valence electrons. The highest BCUT2D eigenvalue weighted by Gasteiger charge is 2.34. The van der Waals surface area contributed by atoms with Gasteiger partial charge in [-0.25, -0.2) is 4.98 Å². The standard InChI is InChI=1S/C18H22N6OS/c1-11(16(21)25)26-18-14(10-20)15(12-3-4-12)13(9-19)17(23-18)24-7-2-5-22-6-8-24/h11-12,22H,2-8H2,1H3,(H2,21,25). The number of pyridine rings is 1. The molecule has 2 heterocycles.